The molecular formula is C20H25N5O4. The highest BCUT2D eigenvalue weighted by atomic mass is 16.5. The molecule has 0 amide bonds. The van der Waals surface area contributed by atoms with Crippen molar-refractivity contribution in [3.8, 4) is 11.5 Å². The number of rotatable bonds is 5. The number of aromatic hydroxyl groups is 2. The van der Waals surface area contributed by atoms with E-state index in [4.69, 9.17) is 19.4 Å². The van der Waals surface area contributed by atoms with Crippen molar-refractivity contribution in [1.82, 2.24) is 9.97 Å². The van der Waals surface area contributed by atoms with E-state index in [-0.39, 0.29) is 11.5 Å². The molecule has 2 aromatic rings. The van der Waals surface area contributed by atoms with Gasteiger partial charge >= 0.3 is 0 Å². The lowest BCUT2D eigenvalue weighted by atomic mass is 10.2. The van der Waals surface area contributed by atoms with Crippen molar-refractivity contribution < 1.29 is 19.7 Å². The van der Waals surface area contributed by atoms with Crippen molar-refractivity contribution in [2.45, 2.75) is 6.54 Å². The number of aromatic nitrogens is 2. The summed E-state index contributed by atoms with van der Waals surface area (Å²) in [5.41, 5.74) is 1.34. The van der Waals surface area contributed by atoms with Gasteiger partial charge in [-0.25, -0.2) is 4.98 Å². The Labute approximate surface area is 169 Å². The Balaban J connectivity index is 1.56. The first-order valence-electron chi connectivity index (χ1n) is 9.74. The van der Waals surface area contributed by atoms with Crippen LogP contribution < -0.4 is 9.80 Å². The molecule has 0 aliphatic carbocycles. The molecule has 2 aliphatic heterocycles. The van der Waals surface area contributed by atoms with Crippen LogP contribution in [0, 0.1) is 0 Å². The zero-order valence-corrected chi connectivity index (χ0v) is 16.2. The van der Waals surface area contributed by atoms with Crippen LogP contribution in [0.25, 0.3) is 0 Å². The first kappa shape index (κ1) is 19.4. The van der Waals surface area contributed by atoms with Gasteiger partial charge < -0.3 is 29.5 Å². The van der Waals surface area contributed by atoms with E-state index in [1.54, 1.807) is 12.3 Å². The fraction of sp³-hybridized carbons (Fsp3) is 0.450. The van der Waals surface area contributed by atoms with Gasteiger partial charge in [0.05, 0.1) is 38.7 Å². The summed E-state index contributed by atoms with van der Waals surface area (Å²) in [6.45, 7) is 6.17. The van der Waals surface area contributed by atoms with Gasteiger partial charge in [0, 0.05) is 50.1 Å². The maximum atomic E-state index is 9.90. The largest absolute Gasteiger partial charge is 0.508 e. The van der Waals surface area contributed by atoms with E-state index in [0.717, 1.165) is 37.7 Å². The summed E-state index contributed by atoms with van der Waals surface area (Å²) >= 11 is 0. The summed E-state index contributed by atoms with van der Waals surface area (Å²) in [6, 6.07) is 6.38. The van der Waals surface area contributed by atoms with Crippen LogP contribution in [-0.4, -0.2) is 79.0 Å². The predicted octanol–water partition coefficient (Wildman–Crippen LogP) is 1.18. The van der Waals surface area contributed by atoms with Crippen LogP contribution in [0.5, 0.6) is 11.5 Å². The van der Waals surface area contributed by atoms with Crippen LogP contribution >= 0.6 is 0 Å². The molecule has 9 nitrogen and oxygen atoms in total. The summed E-state index contributed by atoms with van der Waals surface area (Å²) < 4.78 is 10.9. The Morgan fingerprint density at radius 1 is 0.931 bits per heavy atom. The fourth-order valence-corrected chi connectivity index (χ4v) is 3.29. The van der Waals surface area contributed by atoms with Crippen LogP contribution in [0.2, 0.25) is 0 Å². The van der Waals surface area contributed by atoms with Crippen molar-refractivity contribution in [3.63, 3.8) is 0 Å². The molecule has 1 aromatic heterocycles. The molecule has 154 valence electrons. The van der Waals surface area contributed by atoms with Crippen molar-refractivity contribution in [2.24, 2.45) is 4.99 Å². The molecule has 1 aromatic carbocycles. The maximum absolute atomic E-state index is 9.90. The lowest BCUT2D eigenvalue weighted by molar-refractivity contribution is 0.121. The van der Waals surface area contributed by atoms with Gasteiger partial charge in [-0.05, 0) is 12.1 Å². The summed E-state index contributed by atoms with van der Waals surface area (Å²) in [7, 11) is 0. The number of ether oxygens (including phenoxy) is 2. The third-order valence-electron chi connectivity index (χ3n) is 4.88. The Morgan fingerprint density at radius 2 is 1.62 bits per heavy atom. The predicted molar refractivity (Wildman–Crippen MR) is 109 cm³/mol. The second kappa shape index (κ2) is 9.06. The number of phenolic OH excluding ortho intramolecular Hbond substituents is 2. The molecule has 0 unspecified atom stereocenters. The average molecular weight is 399 g/mol. The average Bonchev–Trinajstić information content (AvgIpc) is 2.76. The summed E-state index contributed by atoms with van der Waals surface area (Å²) in [6.07, 6.45) is 1.58. The Bertz CT molecular complexity index is 828. The number of benzene rings is 1. The summed E-state index contributed by atoms with van der Waals surface area (Å²) in [4.78, 5) is 18.3. The van der Waals surface area contributed by atoms with E-state index < -0.39 is 0 Å². The molecule has 29 heavy (non-hydrogen) atoms. The van der Waals surface area contributed by atoms with E-state index in [1.165, 1.54) is 12.1 Å². The highest BCUT2D eigenvalue weighted by molar-refractivity contribution is 5.83. The normalized spacial score (nSPS) is 17.8. The molecule has 0 atom stereocenters. The van der Waals surface area contributed by atoms with Gasteiger partial charge in [0.15, 0.2) is 0 Å². The van der Waals surface area contributed by atoms with E-state index in [2.05, 4.69) is 14.8 Å². The Morgan fingerprint density at radius 3 is 2.31 bits per heavy atom. The lowest BCUT2D eigenvalue weighted by Crippen LogP contribution is -2.39. The van der Waals surface area contributed by atoms with Crippen LogP contribution in [0.4, 0.5) is 11.8 Å². The van der Waals surface area contributed by atoms with Gasteiger partial charge in [-0.2, -0.15) is 4.98 Å². The maximum Gasteiger partial charge on any atom is 0.227 e. The van der Waals surface area contributed by atoms with E-state index >= 15 is 0 Å². The SMILES string of the molecule is Oc1ccc(C=NCc2cc(N3CCOCC3)nc(N3CCOCC3)n2)c(O)c1. The number of hydrogen-bond acceptors (Lipinski definition) is 9. The fourth-order valence-electron chi connectivity index (χ4n) is 3.29. The minimum atomic E-state index is -0.0144. The van der Waals surface area contributed by atoms with Crippen molar-refractivity contribution in [1.29, 1.82) is 0 Å². The van der Waals surface area contributed by atoms with Crippen LogP contribution in [0.15, 0.2) is 29.3 Å². The van der Waals surface area contributed by atoms with Crippen molar-refractivity contribution in [2.75, 3.05) is 62.4 Å². The van der Waals surface area contributed by atoms with Crippen LogP contribution in [-0.2, 0) is 16.0 Å². The minimum Gasteiger partial charge on any atom is -0.508 e. The number of phenols is 2. The first-order chi connectivity index (χ1) is 14.2. The zero-order chi connectivity index (χ0) is 20.1. The van der Waals surface area contributed by atoms with Crippen LogP contribution in [0.3, 0.4) is 0 Å². The van der Waals surface area contributed by atoms with Crippen molar-refractivity contribution in [3.05, 3.63) is 35.5 Å². The third kappa shape index (κ3) is 4.93. The topological polar surface area (TPSA) is 104 Å². The van der Waals surface area contributed by atoms with E-state index in [1.807, 2.05) is 6.07 Å². The van der Waals surface area contributed by atoms with Gasteiger partial charge in [-0.3, -0.25) is 4.99 Å². The smallest absolute Gasteiger partial charge is 0.227 e. The standard InChI is InChI=1S/C20H25N5O4/c26-17-2-1-15(18(27)12-17)13-21-14-16-11-19(24-3-7-28-8-4-24)23-20(22-16)25-5-9-29-10-6-25/h1-2,11-13,26-27H,3-10,14H2. The van der Waals surface area contributed by atoms with E-state index in [9.17, 15) is 10.2 Å². The number of anilines is 2. The molecule has 2 saturated heterocycles. The Hall–Kier alpha value is -2.91. The molecule has 4 rings (SSSR count). The summed E-state index contributed by atoms with van der Waals surface area (Å²) in [5.74, 6) is 1.57. The molecule has 0 saturated carbocycles. The van der Waals surface area contributed by atoms with Gasteiger partial charge in [0.25, 0.3) is 0 Å². The van der Waals surface area contributed by atoms with Crippen molar-refractivity contribution >= 4 is 18.0 Å². The molecule has 3 heterocycles. The highest BCUT2D eigenvalue weighted by Crippen LogP contribution is 2.22. The molecule has 0 radical (unpaired) electrons. The summed E-state index contributed by atoms with van der Waals surface area (Å²) in [5, 5.41) is 19.3. The first-order valence-corrected chi connectivity index (χ1v) is 9.74. The van der Waals surface area contributed by atoms with Crippen LogP contribution in [0.1, 0.15) is 11.3 Å². The monoisotopic (exact) mass is 399 g/mol. The van der Waals surface area contributed by atoms with Gasteiger partial charge in [0.1, 0.15) is 17.3 Å². The molecule has 0 spiro atoms. The number of nitrogens with zero attached hydrogens (tertiary/aromatic N) is 5. The third-order valence-corrected chi connectivity index (χ3v) is 4.88. The van der Waals surface area contributed by atoms with Gasteiger partial charge in [-0.1, -0.05) is 0 Å². The molecule has 2 aliphatic rings. The zero-order valence-electron chi connectivity index (χ0n) is 16.2. The number of morpholine rings is 2. The minimum absolute atomic E-state index is 0.0144. The van der Waals surface area contributed by atoms with E-state index in [0.29, 0.717) is 44.5 Å². The second-order valence-electron chi connectivity index (χ2n) is 6.93. The van der Waals surface area contributed by atoms with Gasteiger partial charge in [0.2, 0.25) is 5.95 Å². The highest BCUT2D eigenvalue weighted by Gasteiger charge is 2.19. The number of hydrogen-bond donors (Lipinski definition) is 2. The second-order valence-corrected chi connectivity index (χ2v) is 6.93. The lowest BCUT2D eigenvalue weighted by Gasteiger charge is -2.31. The quantitative estimate of drug-likeness (QED) is 0.723. The molecular weight excluding hydrogens is 374 g/mol. The molecule has 9 heteroatoms. The Kier molecular flexibility index (Phi) is 6.06. The molecule has 2 fully saturated rings. The number of aliphatic imine (C=N–C) groups is 1. The molecule has 0 bridgehead atoms. The molecule has 2 N–H and O–H groups in total. The van der Waals surface area contributed by atoms with Gasteiger partial charge in [-0.15, -0.1) is 0 Å².